The Bertz CT molecular complexity index is 1290. The number of fused-ring (bicyclic) bond motifs is 1. The molecule has 0 saturated carbocycles. The average Bonchev–Trinajstić information content (AvgIpc) is 2.97. The van der Waals surface area contributed by atoms with Gasteiger partial charge in [-0.15, -0.1) is 0 Å². The third-order valence-electron chi connectivity index (χ3n) is 7.22. The lowest BCUT2D eigenvalue weighted by molar-refractivity contribution is -0.351. The molecule has 15 nitrogen and oxygen atoms in total. The number of hydrogen-bond acceptors (Lipinski definition) is 15. The lowest BCUT2D eigenvalue weighted by atomic mass is 9.96. The largest absolute Gasteiger partial charge is 0.508 e. The van der Waals surface area contributed by atoms with Gasteiger partial charge in [0.05, 0.1) is 20.3 Å². The summed E-state index contributed by atoms with van der Waals surface area (Å²) < 4.78 is 34.0. The zero-order valence-corrected chi connectivity index (χ0v) is 22.1. The van der Waals surface area contributed by atoms with Gasteiger partial charge in [0.15, 0.2) is 35.4 Å². The van der Waals surface area contributed by atoms with Crippen molar-refractivity contribution in [2.45, 2.75) is 61.4 Å². The van der Waals surface area contributed by atoms with Crippen molar-refractivity contribution in [2.24, 2.45) is 0 Å². The van der Waals surface area contributed by atoms with E-state index in [9.17, 15) is 46.0 Å². The molecule has 2 fully saturated rings. The third-order valence-corrected chi connectivity index (χ3v) is 7.22. The number of hydrogen-bond donors (Lipinski definition) is 9. The van der Waals surface area contributed by atoms with E-state index < -0.39 is 74.6 Å². The average molecular weight is 597 g/mol. The van der Waals surface area contributed by atoms with Crippen LogP contribution in [-0.4, -0.2) is 128 Å². The molecule has 9 N–H and O–H groups in total. The van der Waals surface area contributed by atoms with Crippen LogP contribution in [0.15, 0.2) is 59.3 Å². The summed E-state index contributed by atoms with van der Waals surface area (Å²) in [6, 6.07) is 4.24. The van der Waals surface area contributed by atoms with Crippen molar-refractivity contribution < 1.29 is 74.4 Å². The molecule has 15 heteroatoms. The smallest absolute Gasteiger partial charge is 0.229 e. The fourth-order valence-electron chi connectivity index (χ4n) is 4.90. The number of aromatic hydroxyl groups is 1. The number of ether oxygens (including phenoxy) is 6. The van der Waals surface area contributed by atoms with Crippen LogP contribution in [0.4, 0.5) is 0 Å². The van der Waals surface area contributed by atoms with E-state index in [1.807, 2.05) is 0 Å². The molecule has 1 aromatic rings. The zero-order valence-electron chi connectivity index (χ0n) is 22.1. The van der Waals surface area contributed by atoms with Crippen molar-refractivity contribution in [1.82, 2.24) is 0 Å². The van der Waals surface area contributed by atoms with Crippen molar-refractivity contribution >= 4 is 5.76 Å². The second kappa shape index (κ2) is 12.1. The van der Waals surface area contributed by atoms with Crippen LogP contribution in [0.2, 0.25) is 0 Å². The fraction of sp³-hybridized carbons (Fsp3) is 0.481. The summed E-state index contributed by atoms with van der Waals surface area (Å²) in [7, 11) is 1.34. The summed E-state index contributed by atoms with van der Waals surface area (Å²) >= 11 is 0. The highest BCUT2D eigenvalue weighted by molar-refractivity contribution is 5.70. The Morgan fingerprint density at radius 1 is 0.929 bits per heavy atom. The number of methoxy groups -OCH3 is 1. The van der Waals surface area contributed by atoms with E-state index in [0.717, 1.165) is 6.08 Å². The van der Waals surface area contributed by atoms with Gasteiger partial charge < -0.3 is 74.4 Å². The lowest BCUT2D eigenvalue weighted by Crippen LogP contribution is -2.63. The molecule has 0 spiro atoms. The van der Waals surface area contributed by atoms with Crippen LogP contribution in [0.3, 0.4) is 0 Å². The number of allylic oxidation sites excluding steroid dienone is 2. The van der Waals surface area contributed by atoms with E-state index in [0.29, 0.717) is 5.56 Å². The van der Waals surface area contributed by atoms with Gasteiger partial charge in [-0.3, -0.25) is 0 Å². The van der Waals surface area contributed by atoms with Crippen molar-refractivity contribution in [3.8, 4) is 11.5 Å². The summed E-state index contributed by atoms with van der Waals surface area (Å²) in [6.07, 6.45) is -11.6. The van der Waals surface area contributed by atoms with E-state index in [-0.39, 0.29) is 40.1 Å². The zero-order chi connectivity index (χ0) is 30.3. The summed E-state index contributed by atoms with van der Waals surface area (Å²) in [5.41, 5.74) is 0.487. The normalized spacial score (nSPS) is 36.7. The minimum Gasteiger partial charge on any atom is -0.508 e. The Morgan fingerprint density at radius 2 is 1.69 bits per heavy atom. The van der Waals surface area contributed by atoms with Gasteiger partial charge in [-0.25, -0.2) is 0 Å². The molecule has 3 aliphatic heterocycles. The van der Waals surface area contributed by atoms with Gasteiger partial charge in [-0.2, -0.15) is 0 Å². The molecule has 10 atom stereocenters. The van der Waals surface area contributed by atoms with E-state index in [2.05, 4.69) is 0 Å². The highest BCUT2D eigenvalue weighted by Crippen LogP contribution is 2.40. The maximum atomic E-state index is 10.9. The van der Waals surface area contributed by atoms with E-state index in [1.165, 1.54) is 37.5 Å². The van der Waals surface area contributed by atoms with E-state index >= 15 is 0 Å². The maximum absolute atomic E-state index is 10.9. The van der Waals surface area contributed by atoms with Gasteiger partial charge in [0.2, 0.25) is 6.29 Å². The molecule has 2 saturated heterocycles. The van der Waals surface area contributed by atoms with Crippen molar-refractivity contribution in [2.75, 3.05) is 20.3 Å². The molecule has 42 heavy (non-hydrogen) atoms. The summed E-state index contributed by atoms with van der Waals surface area (Å²) in [5, 5.41) is 92.1. The Labute approximate surface area is 238 Å². The van der Waals surface area contributed by atoms with Crippen LogP contribution < -0.4 is 4.74 Å². The van der Waals surface area contributed by atoms with Gasteiger partial charge in [-0.05, 0) is 24.3 Å². The Balaban J connectivity index is 1.54. The lowest BCUT2D eigenvalue weighted by Gasteiger charge is -2.45. The first-order valence-corrected chi connectivity index (χ1v) is 12.9. The van der Waals surface area contributed by atoms with Gasteiger partial charge in [0, 0.05) is 23.3 Å². The van der Waals surface area contributed by atoms with E-state index in [1.54, 1.807) is 0 Å². The summed E-state index contributed by atoms with van der Waals surface area (Å²) in [5.74, 6) is -0.777. The molecule has 1 aromatic carbocycles. The minimum atomic E-state index is -1.77. The van der Waals surface area contributed by atoms with Crippen LogP contribution in [0, 0.1) is 0 Å². The van der Waals surface area contributed by atoms with Crippen LogP contribution >= 0.6 is 0 Å². The molecule has 4 aliphatic rings. The molecular formula is C27H32O15. The monoisotopic (exact) mass is 596 g/mol. The van der Waals surface area contributed by atoms with Gasteiger partial charge in [-0.1, -0.05) is 0 Å². The molecule has 230 valence electrons. The van der Waals surface area contributed by atoms with Gasteiger partial charge in [0.1, 0.15) is 54.2 Å². The van der Waals surface area contributed by atoms with Gasteiger partial charge >= 0.3 is 0 Å². The molecular weight excluding hydrogens is 564 g/mol. The topological polar surface area (TPSA) is 237 Å². The van der Waals surface area contributed by atoms with Crippen LogP contribution in [0.1, 0.15) is 5.56 Å². The first kappa shape index (κ1) is 30.1. The number of aliphatic hydroxyl groups is 8. The molecule has 0 aromatic heterocycles. The van der Waals surface area contributed by atoms with Crippen molar-refractivity contribution in [3.05, 3.63) is 64.8 Å². The Morgan fingerprint density at radius 3 is 2.40 bits per heavy atom. The quantitative estimate of drug-likeness (QED) is 0.175. The first-order chi connectivity index (χ1) is 20.0. The molecule has 5 rings (SSSR count). The number of phenolic OH excluding ortho intramolecular Hbond substituents is 1. The second-order valence-electron chi connectivity index (χ2n) is 10.0. The standard InChI is InChI=1S/C27H32O15/c1-37-17-4-10(2-3-13(17)30)24-18(7-12-14(31)5-11(29)6-16(12)39-24)40-27-25(22(35)21(34)19(8-28)41-27)42-26-23(36)20(33)15(32)9-38-26/h2-7,15-16,19-23,25-36H,8-9H2,1H3/t15-,16?,19-,20+,21-,22+,23-,25-,26+,27-/m1/s1. The predicted octanol–water partition coefficient (Wildman–Crippen LogP) is -1.43. The highest BCUT2D eigenvalue weighted by atomic mass is 16.8. The highest BCUT2D eigenvalue weighted by Gasteiger charge is 2.50. The van der Waals surface area contributed by atoms with Crippen LogP contribution in [-0.2, 0) is 23.7 Å². The third kappa shape index (κ3) is 5.66. The Hall–Kier alpha value is -3.38. The second-order valence-corrected chi connectivity index (χ2v) is 10.0. The van der Waals surface area contributed by atoms with Crippen LogP contribution in [0.25, 0.3) is 5.76 Å². The van der Waals surface area contributed by atoms with E-state index in [4.69, 9.17) is 28.4 Å². The fourth-order valence-corrected chi connectivity index (χ4v) is 4.90. The molecule has 1 unspecified atom stereocenters. The molecule has 1 aliphatic carbocycles. The molecule has 0 bridgehead atoms. The number of benzene rings is 1. The number of rotatable bonds is 7. The molecule has 0 radical (unpaired) electrons. The van der Waals surface area contributed by atoms with Crippen molar-refractivity contribution in [1.29, 1.82) is 0 Å². The molecule has 0 amide bonds. The Kier molecular flexibility index (Phi) is 8.66. The SMILES string of the molecule is COc1cc(C2=C(O[C@@H]3O[C@H](CO)[C@@H](O)[C@H](O)[C@H]3O[C@@H]3OC[C@@H](O)[C@H](O)[C@H]3O)C=C3C(O)=CC(O)=CC3O2)ccc1O. The maximum Gasteiger partial charge on any atom is 0.229 e. The summed E-state index contributed by atoms with van der Waals surface area (Å²) in [6.45, 7) is -1.14. The molecule has 3 heterocycles. The summed E-state index contributed by atoms with van der Waals surface area (Å²) in [4.78, 5) is 0. The van der Waals surface area contributed by atoms with Crippen LogP contribution in [0.5, 0.6) is 11.5 Å². The minimum absolute atomic E-state index is 0.0109. The number of phenols is 1. The van der Waals surface area contributed by atoms with Crippen molar-refractivity contribution in [3.63, 3.8) is 0 Å². The number of aliphatic hydroxyl groups excluding tert-OH is 8. The predicted molar refractivity (Wildman–Crippen MR) is 137 cm³/mol. The van der Waals surface area contributed by atoms with Gasteiger partial charge in [0.25, 0.3) is 0 Å². The first-order valence-electron chi connectivity index (χ1n) is 12.9.